The van der Waals surface area contributed by atoms with Gasteiger partial charge in [0, 0.05) is 18.3 Å². The number of ketones is 1. The van der Waals surface area contributed by atoms with Crippen LogP contribution in [0.5, 0.6) is 11.5 Å². The zero-order chi connectivity index (χ0) is 22.0. The van der Waals surface area contributed by atoms with Crippen LogP contribution in [0.1, 0.15) is 23.7 Å². The molecule has 0 unspecified atom stereocenters. The fourth-order valence-electron chi connectivity index (χ4n) is 3.86. The highest BCUT2D eigenvalue weighted by Crippen LogP contribution is 2.40. The zero-order valence-electron chi connectivity index (χ0n) is 17.6. The number of rotatable bonds is 6. The smallest absolute Gasteiger partial charge is 0.295 e. The minimum Gasteiger partial charge on any atom is -0.507 e. The van der Waals surface area contributed by atoms with Gasteiger partial charge in [0.15, 0.2) is 11.5 Å². The van der Waals surface area contributed by atoms with Crippen molar-refractivity contribution in [1.82, 2.24) is 14.8 Å². The van der Waals surface area contributed by atoms with Crippen LogP contribution in [0, 0.1) is 0 Å². The van der Waals surface area contributed by atoms with E-state index >= 15 is 0 Å². The molecule has 162 valence electrons. The molecule has 2 aliphatic heterocycles. The van der Waals surface area contributed by atoms with Gasteiger partial charge in [-0.2, -0.15) is 0 Å². The van der Waals surface area contributed by atoms with Crippen molar-refractivity contribution in [1.29, 1.82) is 0 Å². The van der Waals surface area contributed by atoms with Gasteiger partial charge in [-0.1, -0.05) is 6.07 Å². The van der Waals surface area contributed by atoms with Gasteiger partial charge in [-0.15, -0.1) is 0 Å². The molecule has 1 fully saturated rings. The minimum absolute atomic E-state index is 0.0326. The van der Waals surface area contributed by atoms with E-state index in [-0.39, 0.29) is 11.3 Å². The average molecular weight is 423 g/mol. The van der Waals surface area contributed by atoms with Crippen LogP contribution in [0.3, 0.4) is 0 Å². The molecule has 1 atom stereocenters. The summed E-state index contributed by atoms with van der Waals surface area (Å²) in [6.45, 7) is 2.00. The van der Waals surface area contributed by atoms with E-state index in [0.717, 1.165) is 6.54 Å². The van der Waals surface area contributed by atoms with E-state index in [1.165, 1.54) is 4.90 Å². The Bertz CT molecular complexity index is 1020. The molecule has 0 bridgehead atoms. The van der Waals surface area contributed by atoms with Gasteiger partial charge in [-0.25, -0.2) is 0 Å². The number of pyridine rings is 1. The molecule has 0 spiro atoms. The summed E-state index contributed by atoms with van der Waals surface area (Å²) in [6.07, 6.45) is 2.30. The van der Waals surface area contributed by atoms with E-state index in [9.17, 15) is 14.7 Å². The number of amides is 1. The third-order valence-electron chi connectivity index (χ3n) is 5.33. The van der Waals surface area contributed by atoms with Crippen LogP contribution in [0.15, 0.2) is 48.2 Å². The Morgan fingerprint density at radius 1 is 1.16 bits per heavy atom. The fraction of sp³-hybridized carbons (Fsp3) is 0.348. The summed E-state index contributed by atoms with van der Waals surface area (Å²) in [6, 6.07) is 9.53. The second-order valence-corrected chi connectivity index (χ2v) is 7.76. The summed E-state index contributed by atoms with van der Waals surface area (Å²) in [4.78, 5) is 33.8. The largest absolute Gasteiger partial charge is 0.507 e. The van der Waals surface area contributed by atoms with Gasteiger partial charge in [-0.3, -0.25) is 14.6 Å². The highest BCUT2D eigenvalue weighted by molar-refractivity contribution is 6.46. The quantitative estimate of drug-likeness (QED) is 0.433. The Kier molecular flexibility index (Phi) is 5.90. The summed E-state index contributed by atoms with van der Waals surface area (Å²) in [5, 5.41) is 11.1. The molecular formula is C23H25N3O5. The number of ether oxygens (including phenoxy) is 2. The van der Waals surface area contributed by atoms with Crippen molar-refractivity contribution in [3.63, 3.8) is 0 Å². The maximum atomic E-state index is 13.0. The Morgan fingerprint density at radius 2 is 1.94 bits per heavy atom. The van der Waals surface area contributed by atoms with Crippen molar-refractivity contribution < 1.29 is 24.2 Å². The van der Waals surface area contributed by atoms with Crippen molar-refractivity contribution in [3.8, 4) is 11.5 Å². The number of aromatic nitrogens is 1. The number of hydrogen-bond acceptors (Lipinski definition) is 7. The van der Waals surface area contributed by atoms with Crippen LogP contribution in [-0.2, 0) is 9.59 Å². The van der Waals surface area contributed by atoms with Crippen molar-refractivity contribution in [2.75, 3.05) is 40.4 Å². The lowest BCUT2D eigenvalue weighted by Crippen LogP contribution is -2.32. The van der Waals surface area contributed by atoms with E-state index in [1.807, 2.05) is 19.0 Å². The first-order valence-electron chi connectivity index (χ1n) is 10.2. The number of carbonyl (C=O) groups excluding carboxylic acids is 2. The van der Waals surface area contributed by atoms with Gasteiger partial charge >= 0.3 is 0 Å². The van der Waals surface area contributed by atoms with E-state index in [2.05, 4.69) is 4.98 Å². The molecule has 1 saturated heterocycles. The van der Waals surface area contributed by atoms with Gasteiger partial charge < -0.3 is 24.4 Å². The van der Waals surface area contributed by atoms with Crippen molar-refractivity contribution in [3.05, 3.63) is 59.4 Å². The summed E-state index contributed by atoms with van der Waals surface area (Å²) >= 11 is 0. The predicted molar refractivity (Wildman–Crippen MR) is 114 cm³/mol. The van der Waals surface area contributed by atoms with E-state index in [0.29, 0.717) is 48.9 Å². The molecule has 1 aromatic carbocycles. The third-order valence-corrected chi connectivity index (χ3v) is 5.33. The van der Waals surface area contributed by atoms with Gasteiger partial charge in [0.05, 0.1) is 11.3 Å². The summed E-state index contributed by atoms with van der Waals surface area (Å²) in [5.41, 5.74) is 0.951. The minimum atomic E-state index is -0.753. The molecule has 4 rings (SSSR count). The summed E-state index contributed by atoms with van der Waals surface area (Å²) in [7, 11) is 3.90. The SMILES string of the molecule is CN(C)CCCN1C(=O)C(=O)/C(=C(/O)c2ccc3c(c2)OCCO3)[C@@H]1c1ccccn1. The fourth-order valence-corrected chi connectivity index (χ4v) is 3.86. The van der Waals surface area contributed by atoms with Crippen LogP contribution < -0.4 is 9.47 Å². The topological polar surface area (TPSA) is 92.2 Å². The summed E-state index contributed by atoms with van der Waals surface area (Å²) in [5.74, 6) is -0.527. The summed E-state index contributed by atoms with van der Waals surface area (Å²) < 4.78 is 11.1. The Morgan fingerprint density at radius 3 is 2.65 bits per heavy atom. The Hall–Kier alpha value is -3.39. The Balaban J connectivity index is 1.76. The first-order chi connectivity index (χ1) is 15.0. The second kappa shape index (κ2) is 8.77. The lowest BCUT2D eigenvalue weighted by Gasteiger charge is -2.25. The zero-order valence-corrected chi connectivity index (χ0v) is 17.6. The number of Topliss-reactive ketones (excluding diaryl/α,β-unsaturated/α-hetero) is 1. The molecule has 0 saturated carbocycles. The first kappa shape index (κ1) is 20.9. The lowest BCUT2D eigenvalue weighted by molar-refractivity contribution is -0.140. The molecule has 3 heterocycles. The number of aliphatic hydroxyl groups is 1. The molecule has 0 radical (unpaired) electrons. The molecule has 1 aromatic heterocycles. The number of carbonyl (C=O) groups is 2. The van der Waals surface area contributed by atoms with Gasteiger partial charge in [0.2, 0.25) is 0 Å². The van der Waals surface area contributed by atoms with Crippen LogP contribution in [-0.4, -0.2) is 72.0 Å². The number of benzene rings is 1. The number of aliphatic hydroxyl groups excluding tert-OH is 1. The molecule has 1 N–H and O–H groups in total. The van der Waals surface area contributed by atoms with E-state index in [4.69, 9.17) is 9.47 Å². The maximum absolute atomic E-state index is 13.0. The molecule has 31 heavy (non-hydrogen) atoms. The third kappa shape index (κ3) is 4.11. The highest BCUT2D eigenvalue weighted by atomic mass is 16.6. The second-order valence-electron chi connectivity index (χ2n) is 7.76. The Labute approximate surface area is 180 Å². The van der Waals surface area contributed by atoms with Crippen LogP contribution in [0.25, 0.3) is 5.76 Å². The molecule has 8 heteroatoms. The van der Waals surface area contributed by atoms with Gasteiger partial charge in [0.25, 0.3) is 11.7 Å². The van der Waals surface area contributed by atoms with Crippen LogP contribution >= 0.6 is 0 Å². The molecular weight excluding hydrogens is 398 g/mol. The van der Waals surface area contributed by atoms with E-state index in [1.54, 1.807) is 42.6 Å². The van der Waals surface area contributed by atoms with Crippen molar-refractivity contribution >= 4 is 17.4 Å². The molecule has 8 nitrogen and oxygen atoms in total. The maximum Gasteiger partial charge on any atom is 0.295 e. The number of nitrogens with zero attached hydrogens (tertiary/aromatic N) is 3. The molecule has 0 aliphatic carbocycles. The predicted octanol–water partition coefficient (Wildman–Crippen LogP) is 2.23. The van der Waals surface area contributed by atoms with Crippen molar-refractivity contribution in [2.24, 2.45) is 0 Å². The normalized spacial score (nSPS) is 19.8. The molecule has 2 aliphatic rings. The number of likely N-dealkylation sites (tertiary alicyclic amines) is 1. The molecule has 1 amide bonds. The monoisotopic (exact) mass is 423 g/mol. The van der Waals surface area contributed by atoms with Crippen molar-refractivity contribution in [2.45, 2.75) is 12.5 Å². The standard InChI is InChI=1S/C23H25N3O5/c1-25(2)10-5-11-26-20(16-6-3-4-9-24-16)19(22(28)23(26)29)21(27)15-7-8-17-18(14-15)31-13-12-30-17/h3-4,6-9,14,20,27H,5,10-13H2,1-2H3/b21-19+/t20-/m0/s1. The van der Waals surface area contributed by atoms with Gasteiger partial charge in [-0.05, 0) is 57.4 Å². The van der Waals surface area contributed by atoms with Gasteiger partial charge in [0.1, 0.15) is 25.0 Å². The average Bonchev–Trinajstić information content (AvgIpc) is 3.03. The van der Waals surface area contributed by atoms with E-state index < -0.39 is 17.7 Å². The first-order valence-corrected chi connectivity index (χ1v) is 10.2. The number of hydrogen-bond donors (Lipinski definition) is 1. The molecule has 2 aromatic rings. The number of fused-ring (bicyclic) bond motifs is 1. The lowest BCUT2D eigenvalue weighted by atomic mass is 9.98. The highest BCUT2D eigenvalue weighted by Gasteiger charge is 2.46. The van der Waals surface area contributed by atoms with Crippen LogP contribution in [0.4, 0.5) is 0 Å². The van der Waals surface area contributed by atoms with Crippen LogP contribution in [0.2, 0.25) is 0 Å².